The van der Waals surface area contributed by atoms with E-state index in [0.717, 1.165) is 23.4 Å². The fourth-order valence-corrected chi connectivity index (χ4v) is 1.56. The maximum Gasteiger partial charge on any atom is 0.137 e. The van der Waals surface area contributed by atoms with Gasteiger partial charge in [0.05, 0.1) is 5.69 Å². The van der Waals surface area contributed by atoms with Crippen molar-refractivity contribution < 1.29 is 0 Å². The molecule has 0 atom stereocenters. The summed E-state index contributed by atoms with van der Waals surface area (Å²) in [6, 6.07) is 3.82. The van der Waals surface area contributed by atoms with E-state index in [9.17, 15) is 0 Å². The largest absolute Gasteiger partial charge is 0.398 e. The van der Waals surface area contributed by atoms with E-state index in [1.165, 1.54) is 5.69 Å². The van der Waals surface area contributed by atoms with E-state index in [1.807, 2.05) is 22.7 Å². The molecular weight excluding hydrogens is 233 g/mol. The van der Waals surface area contributed by atoms with Gasteiger partial charge >= 0.3 is 0 Å². The highest BCUT2D eigenvalue weighted by atomic mass is 35.5. The number of rotatable bonds is 1. The number of imidazole rings is 1. The average molecular weight is 248 g/mol. The number of halogens is 2. The van der Waals surface area contributed by atoms with Crippen LogP contribution in [0.15, 0.2) is 18.3 Å². The maximum atomic E-state index is 5.69. The summed E-state index contributed by atoms with van der Waals surface area (Å²) in [4.78, 5) is 4.48. The highest BCUT2D eigenvalue weighted by Crippen LogP contribution is 2.14. The number of aryl methyl sites for hydroxylation is 2. The summed E-state index contributed by atoms with van der Waals surface area (Å²) in [5, 5.41) is 0. The number of fused-ring (bicyclic) bond motifs is 1. The molecule has 0 aliphatic rings. The fourth-order valence-electron chi connectivity index (χ4n) is 1.56. The van der Waals surface area contributed by atoms with Crippen molar-refractivity contribution >= 4 is 36.1 Å². The molecular formula is C10H15Cl2N3. The van der Waals surface area contributed by atoms with Gasteiger partial charge in [0.1, 0.15) is 5.65 Å². The number of anilines is 1. The lowest BCUT2D eigenvalue weighted by Crippen LogP contribution is -1.92. The van der Waals surface area contributed by atoms with Gasteiger partial charge in [0, 0.05) is 17.6 Å². The van der Waals surface area contributed by atoms with Crippen molar-refractivity contribution in [1.29, 1.82) is 0 Å². The van der Waals surface area contributed by atoms with Crippen molar-refractivity contribution in [3.63, 3.8) is 0 Å². The molecule has 0 bridgehead atoms. The Kier molecular flexibility index (Phi) is 4.91. The summed E-state index contributed by atoms with van der Waals surface area (Å²) in [5.41, 5.74) is 9.77. The third-order valence-corrected chi connectivity index (χ3v) is 2.31. The lowest BCUT2D eigenvalue weighted by atomic mass is 10.3. The lowest BCUT2D eigenvalue weighted by Gasteiger charge is -1.97. The fraction of sp³-hybridized carbons (Fsp3) is 0.300. The third-order valence-electron chi connectivity index (χ3n) is 2.31. The van der Waals surface area contributed by atoms with E-state index in [0.29, 0.717) is 0 Å². The third kappa shape index (κ3) is 2.36. The van der Waals surface area contributed by atoms with Crippen LogP contribution in [0, 0.1) is 6.92 Å². The summed E-state index contributed by atoms with van der Waals surface area (Å²) in [7, 11) is 0. The number of aromatic nitrogens is 2. The normalized spacial score (nSPS) is 9.47. The predicted octanol–water partition coefficient (Wildman–Crippen LogP) is 2.63. The first-order valence-electron chi connectivity index (χ1n) is 4.45. The first-order valence-corrected chi connectivity index (χ1v) is 4.45. The van der Waals surface area contributed by atoms with E-state index in [2.05, 4.69) is 18.8 Å². The first kappa shape index (κ1) is 14.1. The van der Waals surface area contributed by atoms with Gasteiger partial charge in [-0.1, -0.05) is 6.92 Å². The highest BCUT2D eigenvalue weighted by Gasteiger charge is 2.05. The number of hydrogen-bond donors (Lipinski definition) is 1. The second-order valence-corrected chi connectivity index (χ2v) is 3.19. The van der Waals surface area contributed by atoms with Crippen molar-refractivity contribution in [1.82, 2.24) is 9.38 Å². The van der Waals surface area contributed by atoms with Crippen LogP contribution in [0.4, 0.5) is 5.69 Å². The molecule has 2 heterocycles. The number of pyridine rings is 1. The molecule has 0 unspecified atom stereocenters. The van der Waals surface area contributed by atoms with Crippen LogP contribution in [0.3, 0.4) is 0 Å². The van der Waals surface area contributed by atoms with Gasteiger partial charge in [-0.15, -0.1) is 24.8 Å². The standard InChI is InChI=1S/C10H13N3.2ClH/c1-3-9-7(2)13-6-8(11)4-5-10(13)12-9;;/h4-6H,3,11H2,1-2H3;2*1H. The van der Waals surface area contributed by atoms with Crippen LogP contribution in [0.25, 0.3) is 5.65 Å². The molecule has 84 valence electrons. The van der Waals surface area contributed by atoms with E-state index < -0.39 is 0 Å². The molecule has 3 nitrogen and oxygen atoms in total. The quantitative estimate of drug-likeness (QED) is 0.843. The Morgan fingerprint density at radius 3 is 2.60 bits per heavy atom. The predicted molar refractivity (Wildman–Crippen MR) is 68.2 cm³/mol. The van der Waals surface area contributed by atoms with E-state index in [4.69, 9.17) is 5.73 Å². The molecule has 2 aromatic heterocycles. The Balaban J connectivity index is 0.000000980. The number of nitrogen functional groups attached to an aromatic ring is 1. The summed E-state index contributed by atoms with van der Waals surface area (Å²) in [5.74, 6) is 0. The van der Waals surface area contributed by atoms with E-state index >= 15 is 0 Å². The molecule has 2 aromatic rings. The minimum Gasteiger partial charge on any atom is -0.398 e. The van der Waals surface area contributed by atoms with Crippen LogP contribution in [0.2, 0.25) is 0 Å². The summed E-state index contributed by atoms with van der Waals surface area (Å²) in [6.07, 6.45) is 2.88. The molecule has 0 saturated heterocycles. The van der Waals surface area contributed by atoms with Crippen LogP contribution >= 0.6 is 24.8 Å². The van der Waals surface area contributed by atoms with Crippen LogP contribution in [-0.4, -0.2) is 9.38 Å². The van der Waals surface area contributed by atoms with Gasteiger partial charge in [-0.3, -0.25) is 0 Å². The molecule has 2 N–H and O–H groups in total. The molecule has 0 spiro atoms. The molecule has 15 heavy (non-hydrogen) atoms. The van der Waals surface area contributed by atoms with E-state index in [1.54, 1.807) is 0 Å². The van der Waals surface area contributed by atoms with Gasteiger partial charge in [0.2, 0.25) is 0 Å². The van der Waals surface area contributed by atoms with Gasteiger partial charge in [0.15, 0.2) is 0 Å². The van der Waals surface area contributed by atoms with Gasteiger partial charge in [0.25, 0.3) is 0 Å². The number of nitrogens with zero attached hydrogens (tertiary/aromatic N) is 2. The van der Waals surface area contributed by atoms with Crippen molar-refractivity contribution in [3.8, 4) is 0 Å². The van der Waals surface area contributed by atoms with Crippen LogP contribution in [0.5, 0.6) is 0 Å². The van der Waals surface area contributed by atoms with Crippen molar-refractivity contribution in [2.75, 3.05) is 5.73 Å². The van der Waals surface area contributed by atoms with Gasteiger partial charge in [-0.25, -0.2) is 4.98 Å². The molecule has 2 rings (SSSR count). The second-order valence-electron chi connectivity index (χ2n) is 3.19. The molecule has 0 radical (unpaired) electrons. The highest BCUT2D eigenvalue weighted by molar-refractivity contribution is 5.85. The minimum absolute atomic E-state index is 0. The molecule has 0 aliphatic carbocycles. The monoisotopic (exact) mass is 247 g/mol. The summed E-state index contributed by atoms with van der Waals surface area (Å²) < 4.78 is 2.04. The molecule has 0 fully saturated rings. The average Bonchev–Trinajstić information content (AvgIpc) is 2.44. The zero-order valence-electron chi connectivity index (χ0n) is 8.73. The van der Waals surface area contributed by atoms with Crippen LogP contribution in [-0.2, 0) is 6.42 Å². The maximum absolute atomic E-state index is 5.69. The van der Waals surface area contributed by atoms with Crippen molar-refractivity contribution in [2.45, 2.75) is 20.3 Å². The summed E-state index contributed by atoms with van der Waals surface area (Å²) >= 11 is 0. The molecule has 0 aliphatic heterocycles. The number of nitrogens with two attached hydrogens (primary N) is 1. The smallest absolute Gasteiger partial charge is 0.137 e. The van der Waals surface area contributed by atoms with Crippen molar-refractivity contribution in [2.24, 2.45) is 0 Å². The van der Waals surface area contributed by atoms with Gasteiger partial charge in [-0.2, -0.15) is 0 Å². The summed E-state index contributed by atoms with van der Waals surface area (Å²) in [6.45, 7) is 4.18. The zero-order valence-corrected chi connectivity index (χ0v) is 10.4. The topological polar surface area (TPSA) is 43.3 Å². The van der Waals surface area contributed by atoms with Crippen LogP contribution in [0.1, 0.15) is 18.3 Å². The number of hydrogen-bond acceptors (Lipinski definition) is 2. The molecule has 5 heteroatoms. The van der Waals surface area contributed by atoms with Crippen LogP contribution < -0.4 is 5.73 Å². The molecule has 0 saturated carbocycles. The van der Waals surface area contributed by atoms with Gasteiger partial charge in [-0.05, 0) is 25.5 Å². The Morgan fingerprint density at radius 2 is 2.00 bits per heavy atom. The first-order chi connectivity index (χ1) is 6.22. The van der Waals surface area contributed by atoms with Gasteiger partial charge < -0.3 is 10.1 Å². The Bertz CT molecular complexity index is 451. The zero-order chi connectivity index (χ0) is 9.42. The Hall–Kier alpha value is -0.930. The second kappa shape index (κ2) is 5.24. The van der Waals surface area contributed by atoms with E-state index in [-0.39, 0.29) is 24.8 Å². The molecule has 0 amide bonds. The molecule has 0 aromatic carbocycles. The minimum atomic E-state index is 0. The Labute approximate surface area is 102 Å². The Morgan fingerprint density at radius 1 is 1.33 bits per heavy atom. The van der Waals surface area contributed by atoms with Crippen molar-refractivity contribution in [3.05, 3.63) is 29.7 Å². The lowest BCUT2D eigenvalue weighted by molar-refractivity contribution is 1.02. The SMILES string of the molecule is CCc1nc2ccc(N)cn2c1C.Cl.Cl.